The summed E-state index contributed by atoms with van der Waals surface area (Å²) < 4.78 is 5.43. The van der Waals surface area contributed by atoms with Gasteiger partial charge in [-0.1, -0.05) is 19.0 Å². The molecule has 1 aliphatic rings. The van der Waals surface area contributed by atoms with E-state index in [0.29, 0.717) is 11.8 Å². The number of hydrogen-bond acceptors (Lipinski definition) is 3. The zero-order chi connectivity index (χ0) is 10.8. The van der Waals surface area contributed by atoms with Crippen LogP contribution in [0, 0.1) is 0 Å². The van der Waals surface area contributed by atoms with Gasteiger partial charge >= 0.3 is 0 Å². The monoisotopic (exact) mass is 208 g/mol. The molecule has 0 amide bonds. The molecule has 0 aliphatic heterocycles. The van der Waals surface area contributed by atoms with Gasteiger partial charge in [0.2, 0.25) is 0 Å². The molecule has 1 heterocycles. The summed E-state index contributed by atoms with van der Waals surface area (Å²) in [5.41, 5.74) is 8.19. The van der Waals surface area contributed by atoms with Gasteiger partial charge in [-0.15, -0.1) is 0 Å². The number of fused-ring (bicyclic) bond motifs is 1. The van der Waals surface area contributed by atoms with Gasteiger partial charge in [0, 0.05) is 12.0 Å². The zero-order valence-electron chi connectivity index (χ0n) is 9.62. The van der Waals surface area contributed by atoms with Crippen LogP contribution in [0.4, 0.5) is 0 Å². The minimum absolute atomic E-state index is 0.455. The molecule has 84 valence electrons. The quantitative estimate of drug-likeness (QED) is 0.830. The number of aromatic nitrogens is 1. The molecule has 0 spiro atoms. The average molecular weight is 208 g/mol. The fourth-order valence-corrected chi connectivity index (χ4v) is 2.52. The van der Waals surface area contributed by atoms with Gasteiger partial charge in [-0.05, 0) is 37.6 Å². The lowest BCUT2D eigenvalue weighted by Crippen LogP contribution is -2.14. The maximum atomic E-state index is 5.66. The second kappa shape index (κ2) is 4.35. The summed E-state index contributed by atoms with van der Waals surface area (Å²) >= 11 is 0. The molecule has 2 rings (SSSR count). The molecule has 3 nitrogen and oxygen atoms in total. The highest BCUT2D eigenvalue weighted by Gasteiger charge is 2.28. The molecule has 1 unspecified atom stereocenters. The van der Waals surface area contributed by atoms with Crippen molar-refractivity contribution in [2.75, 3.05) is 6.54 Å². The van der Waals surface area contributed by atoms with Gasteiger partial charge in [0.1, 0.15) is 5.76 Å². The molecule has 0 radical (unpaired) electrons. The van der Waals surface area contributed by atoms with Crippen LogP contribution in [0.1, 0.15) is 62.0 Å². The number of nitrogens with two attached hydrogens (primary N) is 1. The first-order valence-corrected chi connectivity index (χ1v) is 5.92. The summed E-state index contributed by atoms with van der Waals surface area (Å²) in [6.07, 6.45) is 4.57. The first kappa shape index (κ1) is 10.7. The Morgan fingerprint density at radius 1 is 1.53 bits per heavy atom. The molecule has 0 saturated carbocycles. The van der Waals surface area contributed by atoms with Gasteiger partial charge in [0.05, 0.1) is 5.69 Å². The second-order valence-corrected chi connectivity index (χ2v) is 4.73. The van der Waals surface area contributed by atoms with E-state index >= 15 is 0 Å². The van der Waals surface area contributed by atoms with E-state index in [-0.39, 0.29) is 0 Å². The molecule has 0 saturated heterocycles. The second-order valence-electron chi connectivity index (χ2n) is 4.73. The molecule has 3 heteroatoms. The summed E-state index contributed by atoms with van der Waals surface area (Å²) in [4.78, 5) is 0. The number of aryl methyl sites for hydroxylation is 1. The zero-order valence-corrected chi connectivity index (χ0v) is 9.62. The highest BCUT2D eigenvalue weighted by Crippen LogP contribution is 2.38. The van der Waals surface area contributed by atoms with E-state index < -0.39 is 0 Å². The molecule has 1 aromatic heterocycles. The molecule has 0 fully saturated rings. The van der Waals surface area contributed by atoms with Crippen LogP contribution in [0.2, 0.25) is 0 Å². The van der Waals surface area contributed by atoms with Crippen molar-refractivity contribution in [3.63, 3.8) is 0 Å². The molecule has 2 N–H and O–H groups in total. The van der Waals surface area contributed by atoms with Gasteiger partial charge in [-0.3, -0.25) is 0 Å². The van der Waals surface area contributed by atoms with Crippen molar-refractivity contribution >= 4 is 0 Å². The lowest BCUT2D eigenvalue weighted by atomic mass is 9.82. The summed E-state index contributed by atoms with van der Waals surface area (Å²) in [5.74, 6) is 2.15. The number of hydrogen-bond donors (Lipinski definition) is 1. The van der Waals surface area contributed by atoms with Crippen molar-refractivity contribution in [2.45, 2.75) is 51.4 Å². The van der Waals surface area contributed by atoms with Gasteiger partial charge in [-0.25, -0.2) is 0 Å². The largest absolute Gasteiger partial charge is 0.361 e. The van der Waals surface area contributed by atoms with E-state index in [1.807, 2.05) is 0 Å². The van der Waals surface area contributed by atoms with E-state index in [4.69, 9.17) is 10.3 Å². The van der Waals surface area contributed by atoms with Crippen molar-refractivity contribution in [2.24, 2.45) is 5.73 Å². The van der Waals surface area contributed by atoms with Crippen LogP contribution in [-0.4, -0.2) is 11.7 Å². The van der Waals surface area contributed by atoms with Gasteiger partial charge in [-0.2, -0.15) is 0 Å². The molecule has 1 atom stereocenters. The molecule has 1 aromatic rings. The maximum absolute atomic E-state index is 5.66. The first-order valence-electron chi connectivity index (χ1n) is 5.92. The highest BCUT2D eigenvalue weighted by atomic mass is 16.5. The van der Waals surface area contributed by atoms with Crippen LogP contribution in [0.15, 0.2) is 4.52 Å². The molecular weight excluding hydrogens is 188 g/mol. The summed E-state index contributed by atoms with van der Waals surface area (Å²) in [6.45, 7) is 5.10. The van der Waals surface area contributed by atoms with Crippen LogP contribution >= 0.6 is 0 Å². The van der Waals surface area contributed by atoms with Crippen LogP contribution in [0.5, 0.6) is 0 Å². The fourth-order valence-electron chi connectivity index (χ4n) is 2.52. The minimum atomic E-state index is 0.455. The Balaban J connectivity index is 2.34. The summed E-state index contributed by atoms with van der Waals surface area (Å²) in [5, 5.41) is 4.21. The Kier molecular flexibility index (Phi) is 3.10. The lowest BCUT2D eigenvalue weighted by Gasteiger charge is -2.21. The van der Waals surface area contributed by atoms with Crippen molar-refractivity contribution in [3.8, 4) is 0 Å². The number of rotatable bonds is 3. The SMILES string of the molecule is CC(C)c1noc2c1C(CCN)CCC2. The van der Waals surface area contributed by atoms with Gasteiger partial charge < -0.3 is 10.3 Å². The van der Waals surface area contributed by atoms with E-state index in [1.54, 1.807) is 0 Å². The van der Waals surface area contributed by atoms with Crippen LogP contribution < -0.4 is 5.73 Å². The Bertz CT molecular complexity index is 330. The van der Waals surface area contributed by atoms with Crippen molar-refractivity contribution in [1.82, 2.24) is 5.16 Å². The minimum Gasteiger partial charge on any atom is -0.361 e. The molecular formula is C12H20N2O. The third kappa shape index (κ3) is 1.93. The van der Waals surface area contributed by atoms with Gasteiger partial charge in [0.25, 0.3) is 0 Å². The molecule has 15 heavy (non-hydrogen) atoms. The highest BCUT2D eigenvalue weighted by molar-refractivity contribution is 5.31. The van der Waals surface area contributed by atoms with Gasteiger partial charge in [0.15, 0.2) is 0 Å². The predicted octanol–water partition coefficient (Wildman–Crippen LogP) is 2.57. The van der Waals surface area contributed by atoms with E-state index in [2.05, 4.69) is 19.0 Å². The lowest BCUT2D eigenvalue weighted by molar-refractivity contribution is 0.359. The van der Waals surface area contributed by atoms with Crippen LogP contribution in [-0.2, 0) is 6.42 Å². The predicted molar refractivity (Wildman–Crippen MR) is 59.9 cm³/mol. The van der Waals surface area contributed by atoms with Crippen LogP contribution in [0.3, 0.4) is 0 Å². The third-order valence-electron chi connectivity index (χ3n) is 3.26. The van der Waals surface area contributed by atoms with Crippen molar-refractivity contribution in [1.29, 1.82) is 0 Å². The molecule has 0 aromatic carbocycles. The molecule has 1 aliphatic carbocycles. The van der Waals surface area contributed by atoms with E-state index in [1.165, 1.54) is 18.4 Å². The summed E-state index contributed by atoms with van der Waals surface area (Å²) in [6, 6.07) is 0. The van der Waals surface area contributed by atoms with Crippen molar-refractivity contribution < 1.29 is 4.52 Å². The topological polar surface area (TPSA) is 52.0 Å². The first-order chi connectivity index (χ1) is 7.24. The Hall–Kier alpha value is -0.830. The Morgan fingerprint density at radius 2 is 2.33 bits per heavy atom. The average Bonchev–Trinajstić information content (AvgIpc) is 2.62. The third-order valence-corrected chi connectivity index (χ3v) is 3.26. The standard InChI is InChI=1S/C12H20N2O/c1-8(2)12-11-9(6-7-13)4-3-5-10(11)15-14-12/h8-9H,3-7,13H2,1-2H3. The normalized spacial score (nSPS) is 20.7. The van der Waals surface area contributed by atoms with Crippen LogP contribution in [0.25, 0.3) is 0 Å². The van der Waals surface area contributed by atoms with E-state index in [9.17, 15) is 0 Å². The maximum Gasteiger partial charge on any atom is 0.140 e. The van der Waals surface area contributed by atoms with Crippen molar-refractivity contribution in [3.05, 3.63) is 17.0 Å². The Morgan fingerprint density at radius 3 is 3.00 bits per heavy atom. The number of nitrogens with zero attached hydrogens (tertiary/aromatic N) is 1. The smallest absolute Gasteiger partial charge is 0.140 e. The molecule has 0 bridgehead atoms. The Labute approximate surface area is 91.0 Å². The fraction of sp³-hybridized carbons (Fsp3) is 0.750. The van der Waals surface area contributed by atoms with E-state index in [0.717, 1.165) is 30.8 Å². The summed E-state index contributed by atoms with van der Waals surface area (Å²) in [7, 11) is 0.